The average molecular weight is 378 g/mol. The maximum absolute atomic E-state index is 14.1. The van der Waals surface area contributed by atoms with Gasteiger partial charge < -0.3 is 10.2 Å². The van der Waals surface area contributed by atoms with Gasteiger partial charge in [0.1, 0.15) is 0 Å². The van der Waals surface area contributed by atoms with E-state index >= 15 is 0 Å². The summed E-state index contributed by atoms with van der Waals surface area (Å²) in [4.78, 5) is 25.3. The van der Waals surface area contributed by atoms with Crippen LogP contribution in [0.3, 0.4) is 0 Å². The zero-order valence-electron chi connectivity index (χ0n) is 13.9. The molecule has 1 amide bonds. The molecule has 0 spiro atoms. The number of carbonyl (C=O) groups is 1. The number of nitrogens with one attached hydrogen (secondary N) is 1. The SMILES string of the molecule is O=C(Nc1cccc(Cl)c1F)c1cc([N+](=O)[O-])ccc1N1CCCCC1. The Hall–Kier alpha value is -2.67. The summed E-state index contributed by atoms with van der Waals surface area (Å²) >= 11 is 5.74. The van der Waals surface area contributed by atoms with Gasteiger partial charge >= 0.3 is 0 Å². The third-order valence-corrected chi connectivity index (χ3v) is 4.62. The van der Waals surface area contributed by atoms with Gasteiger partial charge in [0.15, 0.2) is 5.82 Å². The van der Waals surface area contributed by atoms with Crippen molar-refractivity contribution in [3.05, 3.63) is 62.9 Å². The van der Waals surface area contributed by atoms with E-state index in [-0.39, 0.29) is 22.0 Å². The van der Waals surface area contributed by atoms with Crippen LogP contribution >= 0.6 is 11.6 Å². The number of nitro groups is 1. The molecule has 1 saturated heterocycles. The summed E-state index contributed by atoms with van der Waals surface area (Å²) < 4.78 is 14.1. The Morgan fingerprint density at radius 1 is 1.19 bits per heavy atom. The quantitative estimate of drug-likeness (QED) is 0.622. The fourth-order valence-corrected chi connectivity index (χ4v) is 3.19. The van der Waals surface area contributed by atoms with Crippen LogP contribution in [0.5, 0.6) is 0 Å². The third kappa shape index (κ3) is 3.77. The smallest absolute Gasteiger partial charge is 0.270 e. The molecule has 0 unspecified atom stereocenters. The highest BCUT2D eigenvalue weighted by atomic mass is 35.5. The molecule has 0 bridgehead atoms. The van der Waals surface area contributed by atoms with Gasteiger partial charge in [-0.1, -0.05) is 17.7 Å². The average Bonchev–Trinajstić information content (AvgIpc) is 2.65. The largest absolute Gasteiger partial charge is 0.371 e. The molecule has 1 heterocycles. The first kappa shape index (κ1) is 18.1. The fraction of sp³-hybridized carbons (Fsp3) is 0.278. The van der Waals surface area contributed by atoms with Gasteiger partial charge in [-0.15, -0.1) is 0 Å². The molecule has 3 rings (SSSR count). The summed E-state index contributed by atoms with van der Waals surface area (Å²) in [5.74, 6) is -1.36. The number of carbonyl (C=O) groups excluding carboxylic acids is 1. The Morgan fingerprint density at radius 3 is 2.62 bits per heavy atom. The van der Waals surface area contributed by atoms with Gasteiger partial charge in [-0.25, -0.2) is 4.39 Å². The molecule has 1 N–H and O–H groups in total. The maximum Gasteiger partial charge on any atom is 0.270 e. The molecule has 0 aliphatic carbocycles. The predicted octanol–water partition coefficient (Wildman–Crippen LogP) is 4.63. The van der Waals surface area contributed by atoms with Crippen molar-refractivity contribution >= 4 is 34.6 Å². The van der Waals surface area contributed by atoms with Crippen LogP contribution in [0.25, 0.3) is 0 Å². The molecular formula is C18H17ClFN3O3. The Labute approximate surface area is 154 Å². The Kier molecular flexibility index (Phi) is 5.37. The van der Waals surface area contributed by atoms with E-state index in [4.69, 9.17) is 11.6 Å². The Morgan fingerprint density at radius 2 is 1.92 bits per heavy atom. The zero-order chi connectivity index (χ0) is 18.7. The highest BCUT2D eigenvalue weighted by Gasteiger charge is 2.22. The number of nitrogens with zero attached hydrogens (tertiary/aromatic N) is 2. The van der Waals surface area contributed by atoms with E-state index in [1.807, 2.05) is 4.90 Å². The molecule has 8 heteroatoms. The van der Waals surface area contributed by atoms with Crippen LogP contribution < -0.4 is 10.2 Å². The lowest BCUT2D eigenvalue weighted by Gasteiger charge is -2.30. The van der Waals surface area contributed by atoms with Crippen molar-refractivity contribution in [2.45, 2.75) is 19.3 Å². The van der Waals surface area contributed by atoms with Crippen LogP contribution in [0.2, 0.25) is 5.02 Å². The lowest BCUT2D eigenvalue weighted by Crippen LogP contribution is -2.31. The molecule has 2 aromatic carbocycles. The van der Waals surface area contributed by atoms with Crippen molar-refractivity contribution in [2.75, 3.05) is 23.3 Å². The van der Waals surface area contributed by atoms with Crippen molar-refractivity contribution in [2.24, 2.45) is 0 Å². The van der Waals surface area contributed by atoms with Gasteiger partial charge in [-0.05, 0) is 37.5 Å². The Bertz CT molecular complexity index is 854. The second kappa shape index (κ2) is 7.70. The third-order valence-electron chi connectivity index (χ3n) is 4.33. The molecule has 6 nitrogen and oxygen atoms in total. The number of benzene rings is 2. The number of anilines is 2. The second-order valence-corrected chi connectivity index (χ2v) is 6.47. The molecule has 26 heavy (non-hydrogen) atoms. The van der Waals surface area contributed by atoms with E-state index in [1.54, 1.807) is 6.07 Å². The predicted molar refractivity (Wildman–Crippen MR) is 98.5 cm³/mol. The minimum Gasteiger partial charge on any atom is -0.371 e. The molecular weight excluding hydrogens is 361 g/mol. The van der Waals surface area contributed by atoms with Crippen molar-refractivity contribution in [3.63, 3.8) is 0 Å². The molecule has 0 radical (unpaired) electrons. The lowest BCUT2D eigenvalue weighted by atomic mass is 10.1. The molecule has 1 aliphatic rings. The Balaban J connectivity index is 1.97. The number of non-ortho nitro benzene ring substituents is 1. The van der Waals surface area contributed by atoms with Crippen LogP contribution in [-0.4, -0.2) is 23.9 Å². The molecule has 0 aromatic heterocycles. The molecule has 0 saturated carbocycles. The van der Waals surface area contributed by atoms with Crippen molar-refractivity contribution < 1.29 is 14.1 Å². The van der Waals surface area contributed by atoms with Crippen LogP contribution in [0.15, 0.2) is 36.4 Å². The molecule has 136 valence electrons. The van der Waals surface area contributed by atoms with E-state index < -0.39 is 16.6 Å². The van der Waals surface area contributed by atoms with Crippen LogP contribution in [0.1, 0.15) is 29.6 Å². The molecule has 0 atom stereocenters. The highest BCUT2D eigenvalue weighted by molar-refractivity contribution is 6.31. The number of halogens is 2. The number of amides is 1. The monoisotopic (exact) mass is 377 g/mol. The number of hydrogen-bond acceptors (Lipinski definition) is 4. The standard InChI is InChI=1S/C18H17ClFN3O3/c19-14-5-4-6-15(17(14)20)21-18(24)13-11-12(23(25)26)7-8-16(13)22-9-2-1-3-10-22/h4-8,11H,1-3,9-10H2,(H,21,24). The number of hydrogen-bond donors (Lipinski definition) is 1. The van der Waals surface area contributed by atoms with Crippen molar-refractivity contribution in [3.8, 4) is 0 Å². The summed E-state index contributed by atoms with van der Waals surface area (Å²) in [6.45, 7) is 1.53. The van der Waals surface area contributed by atoms with Crippen LogP contribution in [-0.2, 0) is 0 Å². The highest BCUT2D eigenvalue weighted by Crippen LogP contribution is 2.29. The topological polar surface area (TPSA) is 75.5 Å². The van der Waals surface area contributed by atoms with Crippen molar-refractivity contribution in [1.29, 1.82) is 0 Å². The van der Waals surface area contributed by atoms with Gasteiger partial charge in [0.05, 0.1) is 26.9 Å². The first-order valence-electron chi connectivity index (χ1n) is 8.26. The fourth-order valence-electron chi connectivity index (χ4n) is 3.02. The second-order valence-electron chi connectivity index (χ2n) is 6.06. The maximum atomic E-state index is 14.1. The molecule has 1 aliphatic heterocycles. The first-order chi connectivity index (χ1) is 12.5. The number of piperidine rings is 1. The van der Waals surface area contributed by atoms with E-state index in [2.05, 4.69) is 5.32 Å². The van der Waals surface area contributed by atoms with Crippen LogP contribution in [0, 0.1) is 15.9 Å². The van der Waals surface area contributed by atoms with Crippen LogP contribution in [0.4, 0.5) is 21.5 Å². The lowest BCUT2D eigenvalue weighted by molar-refractivity contribution is -0.384. The van der Waals surface area contributed by atoms with Crippen molar-refractivity contribution in [1.82, 2.24) is 0 Å². The zero-order valence-corrected chi connectivity index (χ0v) is 14.6. The normalized spacial score (nSPS) is 14.2. The summed E-state index contributed by atoms with van der Waals surface area (Å²) in [7, 11) is 0. The van der Waals surface area contributed by atoms with Gasteiger partial charge in [-0.2, -0.15) is 0 Å². The molecule has 2 aromatic rings. The number of rotatable bonds is 4. The molecule has 1 fully saturated rings. The van der Waals surface area contributed by atoms with E-state index in [9.17, 15) is 19.3 Å². The van der Waals surface area contributed by atoms with Gasteiger partial charge in [-0.3, -0.25) is 14.9 Å². The van der Waals surface area contributed by atoms with Gasteiger partial charge in [0, 0.05) is 25.2 Å². The summed E-state index contributed by atoms with van der Waals surface area (Å²) in [6.07, 6.45) is 3.08. The van der Waals surface area contributed by atoms with Gasteiger partial charge in [0.25, 0.3) is 11.6 Å². The van der Waals surface area contributed by atoms with E-state index in [0.717, 1.165) is 32.4 Å². The van der Waals surface area contributed by atoms with E-state index in [1.165, 1.54) is 30.3 Å². The minimum absolute atomic E-state index is 0.0707. The summed E-state index contributed by atoms with van der Waals surface area (Å²) in [6, 6.07) is 8.45. The summed E-state index contributed by atoms with van der Waals surface area (Å²) in [5, 5.41) is 13.5. The van der Waals surface area contributed by atoms with E-state index in [0.29, 0.717) is 5.69 Å². The summed E-state index contributed by atoms with van der Waals surface area (Å²) in [5.41, 5.74) is 0.483. The van der Waals surface area contributed by atoms with Gasteiger partial charge in [0.2, 0.25) is 0 Å². The number of nitro benzene ring substituents is 1. The minimum atomic E-state index is -0.743. The first-order valence-corrected chi connectivity index (χ1v) is 8.64.